The van der Waals surface area contributed by atoms with Gasteiger partial charge in [0.25, 0.3) is 0 Å². The molecule has 4 rings (SSSR count). The third kappa shape index (κ3) is 4.25. The molecule has 2 heterocycles. The van der Waals surface area contributed by atoms with Crippen molar-refractivity contribution in [3.63, 3.8) is 0 Å². The lowest BCUT2D eigenvalue weighted by molar-refractivity contribution is 0.197. The van der Waals surface area contributed by atoms with E-state index in [2.05, 4.69) is 15.5 Å². The second-order valence-electron chi connectivity index (χ2n) is 7.50. The van der Waals surface area contributed by atoms with E-state index < -0.39 is 0 Å². The quantitative estimate of drug-likeness (QED) is 0.654. The molecule has 3 aromatic rings. The minimum absolute atomic E-state index is 0.0645. The summed E-state index contributed by atoms with van der Waals surface area (Å²) in [7, 11) is 0. The molecule has 0 spiro atoms. The van der Waals surface area contributed by atoms with Crippen molar-refractivity contribution in [3.05, 3.63) is 71.0 Å². The summed E-state index contributed by atoms with van der Waals surface area (Å²) in [6.45, 7) is 4.87. The smallest absolute Gasteiger partial charge is 0.325 e. The highest BCUT2D eigenvalue weighted by Crippen LogP contribution is 2.27. The molecule has 1 fully saturated rings. The van der Waals surface area contributed by atoms with Crippen LogP contribution in [0.1, 0.15) is 24.5 Å². The van der Waals surface area contributed by atoms with Crippen molar-refractivity contribution in [2.24, 2.45) is 5.92 Å². The molecule has 1 aliphatic heterocycles. The number of amides is 2. The molecule has 0 bridgehead atoms. The summed E-state index contributed by atoms with van der Waals surface area (Å²) in [5, 5.41) is 10.6. The first-order valence-electron chi connectivity index (χ1n) is 9.91. The van der Waals surface area contributed by atoms with E-state index in [9.17, 15) is 9.18 Å². The SMILES string of the molecule is Cc1cccc(C=C2CCN(C(=O)Nc3nnc(-c4ccccc4)o3)CC2C)c1F. The van der Waals surface area contributed by atoms with Crippen LogP contribution >= 0.6 is 0 Å². The topological polar surface area (TPSA) is 71.3 Å². The molecular weight excluding hydrogens is 383 g/mol. The van der Waals surface area contributed by atoms with Gasteiger partial charge in [-0.25, -0.2) is 9.18 Å². The van der Waals surface area contributed by atoms with Crippen LogP contribution in [0, 0.1) is 18.7 Å². The number of carbonyl (C=O) groups excluding carboxylic acids is 1. The highest BCUT2D eigenvalue weighted by molar-refractivity contribution is 5.87. The molecule has 7 heteroatoms. The minimum Gasteiger partial charge on any atom is -0.403 e. The Balaban J connectivity index is 1.40. The Kier molecular flexibility index (Phi) is 5.61. The van der Waals surface area contributed by atoms with Crippen LogP contribution in [0.2, 0.25) is 0 Å². The lowest BCUT2D eigenvalue weighted by atomic mass is 9.91. The zero-order valence-electron chi connectivity index (χ0n) is 16.9. The second-order valence-corrected chi connectivity index (χ2v) is 7.50. The number of hydrogen-bond acceptors (Lipinski definition) is 4. The largest absolute Gasteiger partial charge is 0.403 e. The molecule has 1 saturated heterocycles. The monoisotopic (exact) mass is 406 g/mol. The lowest BCUT2D eigenvalue weighted by Crippen LogP contribution is -2.42. The van der Waals surface area contributed by atoms with Crippen molar-refractivity contribution >= 4 is 18.1 Å². The number of nitrogens with zero attached hydrogens (tertiary/aromatic N) is 3. The van der Waals surface area contributed by atoms with Gasteiger partial charge in [-0.3, -0.25) is 5.32 Å². The summed E-state index contributed by atoms with van der Waals surface area (Å²) in [6, 6.07) is 14.5. The van der Waals surface area contributed by atoms with Crippen LogP contribution in [0.4, 0.5) is 15.2 Å². The Hall–Kier alpha value is -3.48. The van der Waals surface area contributed by atoms with Crippen LogP contribution in [0.3, 0.4) is 0 Å². The average Bonchev–Trinajstić information content (AvgIpc) is 3.22. The molecular formula is C23H23FN4O2. The third-order valence-electron chi connectivity index (χ3n) is 5.31. The molecule has 1 unspecified atom stereocenters. The number of aryl methyl sites for hydroxylation is 1. The fourth-order valence-electron chi connectivity index (χ4n) is 3.57. The number of halogens is 1. The molecule has 1 atom stereocenters. The van der Waals surface area contributed by atoms with Gasteiger partial charge in [0.15, 0.2) is 0 Å². The molecule has 0 radical (unpaired) electrons. The van der Waals surface area contributed by atoms with Crippen LogP contribution in [-0.4, -0.2) is 34.2 Å². The Morgan fingerprint density at radius 1 is 1.20 bits per heavy atom. The van der Waals surface area contributed by atoms with Gasteiger partial charge in [0.05, 0.1) is 0 Å². The predicted molar refractivity (Wildman–Crippen MR) is 113 cm³/mol. The molecule has 2 amide bonds. The van der Waals surface area contributed by atoms with Gasteiger partial charge in [-0.05, 0) is 37.0 Å². The zero-order valence-corrected chi connectivity index (χ0v) is 16.9. The number of likely N-dealkylation sites (tertiary alicyclic amines) is 1. The molecule has 154 valence electrons. The number of benzene rings is 2. The van der Waals surface area contributed by atoms with Crippen LogP contribution in [0.25, 0.3) is 17.5 Å². The van der Waals surface area contributed by atoms with Gasteiger partial charge in [0.1, 0.15) is 5.82 Å². The van der Waals surface area contributed by atoms with Gasteiger partial charge in [-0.2, -0.15) is 0 Å². The first kappa shape index (κ1) is 19.8. The normalized spacial score (nSPS) is 17.9. The Labute approximate surface area is 174 Å². The Morgan fingerprint density at radius 2 is 2.00 bits per heavy atom. The van der Waals surface area contributed by atoms with E-state index in [-0.39, 0.29) is 23.8 Å². The molecule has 0 saturated carbocycles. The van der Waals surface area contributed by atoms with Crippen molar-refractivity contribution in [3.8, 4) is 11.5 Å². The van der Waals surface area contributed by atoms with Gasteiger partial charge >= 0.3 is 12.0 Å². The highest BCUT2D eigenvalue weighted by atomic mass is 19.1. The number of hydrogen-bond donors (Lipinski definition) is 1. The van der Waals surface area contributed by atoms with Crippen LogP contribution < -0.4 is 5.32 Å². The number of urea groups is 1. The second kappa shape index (κ2) is 8.49. The van der Waals surface area contributed by atoms with Crippen LogP contribution in [0.5, 0.6) is 0 Å². The number of carbonyl (C=O) groups is 1. The molecule has 6 nitrogen and oxygen atoms in total. The van der Waals surface area contributed by atoms with Crippen molar-refractivity contribution in [1.82, 2.24) is 15.1 Å². The van der Waals surface area contributed by atoms with E-state index in [1.54, 1.807) is 24.0 Å². The number of piperidine rings is 1. The summed E-state index contributed by atoms with van der Waals surface area (Å²) >= 11 is 0. The van der Waals surface area contributed by atoms with E-state index in [1.807, 2.05) is 49.4 Å². The fraction of sp³-hybridized carbons (Fsp3) is 0.261. The fourth-order valence-corrected chi connectivity index (χ4v) is 3.57. The van der Waals surface area contributed by atoms with Gasteiger partial charge in [0, 0.05) is 24.2 Å². The van der Waals surface area contributed by atoms with Crippen molar-refractivity contribution in [1.29, 1.82) is 0 Å². The molecule has 30 heavy (non-hydrogen) atoms. The molecule has 2 aromatic carbocycles. The predicted octanol–water partition coefficient (Wildman–Crippen LogP) is 5.14. The van der Waals surface area contributed by atoms with Crippen LogP contribution in [0.15, 0.2) is 58.5 Å². The summed E-state index contributed by atoms with van der Waals surface area (Å²) < 4.78 is 19.9. The van der Waals surface area contributed by atoms with E-state index in [0.717, 1.165) is 11.1 Å². The van der Waals surface area contributed by atoms with Crippen LogP contribution in [-0.2, 0) is 0 Å². The molecule has 1 aliphatic rings. The number of rotatable bonds is 3. The van der Waals surface area contributed by atoms with E-state index in [1.165, 1.54) is 0 Å². The average molecular weight is 406 g/mol. The van der Waals surface area contributed by atoms with Gasteiger partial charge < -0.3 is 9.32 Å². The van der Waals surface area contributed by atoms with Gasteiger partial charge in [0.2, 0.25) is 5.89 Å². The summed E-state index contributed by atoms with van der Waals surface area (Å²) in [4.78, 5) is 14.3. The van der Waals surface area contributed by atoms with Crippen molar-refractivity contribution < 1.29 is 13.6 Å². The molecule has 1 aromatic heterocycles. The highest BCUT2D eigenvalue weighted by Gasteiger charge is 2.25. The lowest BCUT2D eigenvalue weighted by Gasteiger charge is -2.32. The van der Waals surface area contributed by atoms with E-state index in [4.69, 9.17) is 4.42 Å². The summed E-state index contributed by atoms with van der Waals surface area (Å²) in [5.74, 6) is 0.276. The third-order valence-corrected chi connectivity index (χ3v) is 5.31. The van der Waals surface area contributed by atoms with E-state index >= 15 is 0 Å². The standard InChI is InChI=1S/C23H23FN4O2/c1-15-7-6-10-19(20(15)24)13-18-11-12-28(14-16(18)2)23(29)25-22-27-26-21(30-22)17-8-4-3-5-9-17/h3-10,13,16H,11-12,14H2,1-2H3,(H,25,27,29). The van der Waals surface area contributed by atoms with Crippen molar-refractivity contribution in [2.45, 2.75) is 20.3 Å². The van der Waals surface area contributed by atoms with Gasteiger partial charge in [-0.1, -0.05) is 60.1 Å². The number of aromatic nitrogens is 2. The summed E-state index contributed by atoms with van der Waals surface area (Å²) in [5.41, 5.74) is 3.14. The first-order chi connectivity index (χ1) is 14.5. The molecule has 1 N–H and O–H groups in total. The maximum absolute atomic E-state index is 14.3. The van der Waals surface area contributed by atoms with E-state index in [0.29, 0.717) is 36.5 Å². The van der Waals surface area contributed by atoms with Crippen molar-refractivity contribution in [2.75, 3.05) is 18.4 Å². The maximum atomic E-state index is 14.3. The first-order valence-corrected chi connectivity index (χ1v) is 9.91. The minimum atomic E-state index is -0.286. The zero-order chi connectivity index (χ0) is 21.1. The number of nitrogens with one attached hydrogen (secondary N) is 1. The maximum Gasteiger partial charge on any atom is 0.325 e. The summed E-state index contributed by atoms with van der Waals surface area (Å²) in [6.07, 6.45) is 2.59. The Bertz CT molecular complexity index is 1080. The molecule has 0 aliphatic carbocycles. The Morgan fingerprint density at radius 3 is 2.77 bits per heavy atom. The van der Waals surface area contributed by atoms with Gasteiger partial charge in [-0.15, -0.1) is 5.10 Å². The number of anilines is 1.